The fourth-order valence-corrected chi connectivity index (χ4v) is 2.29. The Bertz CT molecular complexity index is 587. The predicted molar refractivity (Wildman–Crippen MR) is 80.5 cm³/mol. The number of ether oxygens (including phenoxy) is 1. The van der Waals surface area contributed by atoms with E-state index >= 15 is 0 Å². The molecular weight excluding hydrogens is 252 g/mol. The number of nitrogens with one attached hydrogen (secondary N) is 1. The topological polar surface area (TPSA) is 43.3 Å². The van der Waals surface area contributed by atoms with Gasteiger partial charge in [-0.15, -0.1) is 0 Å². The maximum Gasteiger partial charge on any atom is 0.326 e. The van der Waals surface area contributed by atoms with Gasteiger partial charge in [-0.3, -0.25) is 4.79 Å². The van der Waals surface area contributed by atoms with E-state index in [1.54, 1.807) is 0 Å². The second kappa shape index (κ2) is 6.57. The highest BCUT2D eigenvalue weighted by Crippen LogP contribution is 2.21. The normalized spacial score (nSPS) is 11.2. The summed E-state index contributed by atoms with van der Waals surface area (Å²) in [5, 5.41) is 4.51. The van der Waals surface area contributed by atoms with E-state index in [1.807, 2.05) is 42.8 Å². The minimum absolute atomic E-state index is 0.0782. The maximum atomic E-state index is 11.8. The summed E-state index contributed by atoms with van der Waals surface area (Å²) in [5.41, 5.74) is 2.28. The molecule has 0 radical (unpaired) electrons. The number of carbonyl (C=O) groups is 1. The third kappa shape index (κ3) is 3.39. The summed E-state index contributed by atoms with van der Waals surface area (Å²) in [4.78, 5) is 11.8. The van der Waals surface area contributed by atoms with Crippen molar-refractivity contribution in [2.75, 3.05) is 6.54 Å². The van der Waals surface area contributed by atoms with Crippen molar-refractivity contribution in [3.05, 3.63) is 36.0 Å². The number of hydrogen-bond donors (Lipinski definition) is 1. The molecule has 4 nitrogen and oxygen atoms in total. The summed E-state index contributed by atoms with van der Waals surface area (Å²) in [6, 6.07) is 8.14. The number of para-hydroxylation sites is 1. The number of fused-ring (bicyclic) bond motifs is 1. The first-order valence-corrected chi connectivity index (χ1v) is 7.08. The summed E-state index contributed by atoms with van der Waals surface area (Å²) in [6.07, 6.45) is 1.96. The van der Waals surface area contributed by atoms with Crippen molar-refractivity contribution in [2.45, 2.75) is 40.0 Å². The van der Waals surface area contributed by atoms with E-state index < -0.39 is 0 Å². The smallest absolute Gasteiger partial charge is 0.326 e. The summed E-state index contributed by atoms with van der Waals surface area (Å²) in [6.45, 7) is 7.80. The molecule has 0 aliphatic heterocycles. The molecule has 1 aromatic heterocycles. The van der Waals surface area contributed by atoms with E-state index in [0.29, 0.717) is 0 Å². The third-order valence-electron chi connectivity index (χ3n) is 3.10. The molecule has 0 aliphatic carbocycles. The molecule has 4 heteroatoms. The number of aromatic nitrogens is 1. The van der Waals surface area contributed by atoms with Crippen LogP contribution < -0.4 is 5.32 Å². The number of benzene rings is 1. The van der Waals surface area contributed by atoms with Gasteiger partial charge in [0.2, 0.25) is 0 Å². The maximum absolute atomic E-state index is 11.8. The summed E-state index contributed by atoms with van der Waals surface area (Å²) in [5.74, 6) is -0.198. The Balaban J connectivity index is 2.26. The molecule has 0 atom stereocenters. The first kappa shape index (κ1) is 14.6. The summed E-state index contributed by atoms with van der Waals surface area (Å²) < 4.78 is 7.18. The molecule has 0 amide bonds. The van der Waals surface area contributed by atoms with Crippen LogP contribution in [0.5, 0.6) is 0 Å². The molecule has 2 aromatic rings. The lowest BCUT2D eigenvalue weighted by molar-refractivity contribution is -0.148. The Labute approximate surface area is 119 Å². The quantitative estimate of drug-likeness (QED) is 0.824. The fraction of sp³-hybridized carbons (Fsp3) is 0.438. The van der Waals surface area contributed by atoms with Crippen molar-refractivity contribution in [2.24, 2.45) is 0 Å². The van der Waals surface area contributed by atoms with Gasteiger partial charge in [0.25, 0.3) is 0 Å². The molecule has 0 saturated heterocycles. The average molecular weight is 274 g/mol. The van der Waals surface area contributed by atoms with Crippen molar-refractivity contribution >= 4 is 16.9 Å². The van der Waals surface area contributed by atoms with Gasteiger partial charge in [-0.05, 0) is 32.0 Å². The van der Waals surface area contributed by atoms with Crippen molar-refractivity contribution in [3.63, 3.8) is 0 Å². The SMILES string of the molecule is CCNCc1cn(CC(=O)OC(C)C)c2ccccc12. The molecule has 1 heterocycles. The monoisotopic (exact) mass is 274 g/mol. The lowest BCUT2D eigenvalue weighted by Gasteiger charge is -2.09. The second-order valence-electron chi connectivity index (χ2n) is 5.12. The summed E-state index contributed by atoms with van der Waals surface area (Å²) >= 11 is 0. The number of carbonyl (C=O) groups excluding carboxylic acids is 1. The van der Waals surface area contributed by atoms with Crippen LogP contribution in [-0.4, -0.2) is 23.2 Å². The molecule has 1 aromatic carbocycles. The van der Waals surface area contributed by atoms with Gasteiger partial charge in [0.15, 0.2) is 0 Å². The number of nitrogens with zero attached hydrogens (tertiary/aromatic N) is 1. The zero-order chi connectivity index (χ0) is 14.5. The van der Waals surface area contributed by atoms with Crippen LogP contribution in [0.3, 0.4) is 0 Å². The van der Waals surface area contributed by atoms with Crippen LogP contribution in [-0.2, 0) is 22.6 Å². The largest absolute Gasteiger partial charge is 0.462 e. The van der Waals surface area contributed by atoms with Gasteiger partial charge in [-0.2, -0.15) is 0 Å². The first-order valence-electron chi connectivity index (χ1n) is 7.08. The Morgan fingerprint density at radius 3 is 2.80 bits per heavy atom. The van der Waals surface area contributed by atoms with Gasteiger partial charge in [-0.1, -0.05) is 25.1 Å². The first-order chi connectivity index (χ1) is 9.61. The van der Waals surface area contributed by atoms with E-state index in [9.17, 15) is 4.79 Å². The highest BCUT2D eigenvalue weighted by atomic mass is 16.5. The average Bonchev–Trinajstić information content (AvgIpc) is 2.74. The number of esters is 1. The van der Waals surface area contributed by atoms with E-state index in [-0.39, 0.29) is 18.6 Å². The predicted octanol–water partition coefficient (Wildman–Crippen LogP) is 2.70. The van der Waals surface area contributed by atoms with Crippen molar-refractivity contribution < 1.29 is 9.53 Å². The molecule has 0 fully saturated rings. The third-order valence-corrected chi connectivity index (χ3v) is 3.10. The molecule has 1 N–H and O–H groups in total. The number of rotatable bonds is 6. The minimum atomic E-state index is -0.198. The fourth-order valence-electron chi connectivity index (χ4n) is 2.29. The molecule has 0 spiro atoms. The number of hydrogen-bond acceptors (Lipinski definition) is 3. The van der Waals surface area contributed by atoms with Crippen LogP contribution in [0.25, 0.3) is 10.9 Å². The van der Waals surface area contributed by atoms with Crippen molar-refractivity contribution in [1.82, 2.24) is 9.88 Å². The van der Waals surface area contributed by atoms with Crippen molar-refractivity contribution in [3.8, 4) is 0 Å². The summed E-state index contributed by atoms with van der Waals surface area (Å²) in [7, 11) is 0. The van der Waals surface area contributed by atoms with Crippen LogP contribution in [0, 0.1) is 0 Å². The van der Waals surface area contributed by atoms with Gasteiger partial charge in [0, 0.05) is 23.6 Å². The molecule has 0 bridgehead atoms. The van der Waals surface area contributed by atoms with Crippen LogP contribution >= 0.6 is 0 Å². The highest BCUT2D eigenvalue weighted by molar-refractivity contribution is 5.85. The van der Waals surface area contributed by atoms with Gasteiger partial charge in [-0.25, -0.2) is 0 Å². The van der Waals surface area contributed by atoms with Crippen molar-refractivity contribution in [1.29, 1.82) is 0 Å². The molecular formula is C16H22N2O2. The molecule has 2 rings (SSSR count). The zero-order valence-electron chi connectivity index (χ0n) is 12.3. The minimum Gasteiger partial charge on any atom is -0.462 e. The van der Waals surface area contributed by atoms with E-state index in [1.165, 1.54) is 10.9 Å². The van der Waals surface area contributed by atoms with E-state index in [2.05, 4.69) is 18.3 Å². The lowest BCUT2D eigenvalue weighted by Crippen LogP contribution is -2.17. The van der Waals surface area contributed by atoms with Crippen LogP contribution in [0.15, 0.2) is 30.5 Å². The molecule has 20 heavy (non-hydrogen) atoms. The molecule has 0 unspecified atom stereocenters. The van der Waals surface area contributed by atoms with Crippen LogP contribution in [0.4, 0.5) is 0 Å². The van der Waals surface area contributed by atoms with Crippen LogP contribution in [0.1, 0.15) is 26.3 Å². The van der Waals surface area contributed by atoms with Gasteiger partial charge >= 0.3 is 5.97 Å². The Hall–Kier alpha value is -1.81. The second-order valence-corrected chi connectivity index (χ2v) is 5.12. The highest BCUT2D eigenvalue weighted by Gasteiger charge is 2.12. The molecule has 0 aliphatic rings. The van der Waals surface area contributed by atoms with E-state index in [0.717, 1.165) is 18.6 Å². The molecule has 0 saturated carbocycles. The zero-order valence-corrected chi connectivity index (χ0v) is 12.3. The molecule has 108 valence electrons. The van der Waals surface area contributed by atoms with Gasteiger partial charge in [0.1, 0.15) is 6.54 Å². The van der Waals surface area contributed by atoms with Gasteiger partial charge < -0.3 is 14.6 Å². The Kier molecular flexibility index (Phi) is 4.79. The Morgan fingerprint density at radius 1 is 1.35 bits per heavy atom. The lowest BCUT2D eigenvalue weighted by atomic mass is 10.2. The van der Waals surface area contributed by atoms with Crippen LogP contribution in [0.2, 0.25) is 0 Å². The Morgan fingerprint density at radius 2 is 2.10 bits per heavy atom. The van der Waals surface area contributed by atoms with E-state index in [4.69, 9.17) is 4.74 Å². The standard InChI is InChI=1S/C16H22N2O2/c1-4-17-9-13-10-18(11-16(19)20-12(2)3)15-8-6-5-7-14(13)15/h5-8,10,12,17H,4,9,11H2,1-3H3. The van der Waals surface area contributed by atoms with Gasteiger partial charge in [0.05, 0.1) is 6.10 Å².